The molecular formula is C7H6N4O3. The number of aromatic amines is 1. The molecule has 0 radical (unpaired) electrons. The number of imidazole rings is 1. The third kappa shape index (κ3) is 0.987. The van der Waals surface area contributed by atoms with Gasteiger partial charge in [-0.1, -0.05) is 0 Å². The number of pyridine rings is 1. The second kappa shape index (κ2) is 2.66. The topological polar surface area (TPSA) is 93.8 Å². The summed E-state index contributed by atoms with van der Waals surface area (Å²) in [6.07, 6.45) is 1.30. The highest BCUT2D eigenvalue weighted by Crippen LogP contribution is 2.18. The molecule has 0 saturated carbocycles. The van der Waals surface area contributed by atoms with Gasteiger partial charge in [0.25, 0.3) is 0 Å². The summed E-state index contributed by atoms with van der Waals surface area (Å²) in [6.45, 7) is 0. The minimum Gasteiger partial charge on any atom is -0.358 e. The first-order valence-corrected chi connectivity index (χ1v) is 3.79. The molecule has 0 aliphatic carbocycles. The number of nitrogens with zero attached hydrogens (tertiary/aromatic N) is 3. The maximum absolute atomic E-state index is 11.2. The van der Waals surface area contributed by atoms with Gasteiger partial charge in [0.05, 0.1) is 5.52 Å². The summed E-state index contributed by atoms with van der Waals surface area (Å²) in [7, 11) is 1.53. The number of hydrogen-bond donors (Lipinski definition) is 1. The van der Waals surface area contributed by atoms with Gasteiger partial charge in [0.1, 0.15) is 6.20 Å². The van der Waals surface area contributed by atoms with Crippen molar-refractivity contribution in [1.82, 2.24) is 14.5 Å². The maximum atomic E-state index is 11.2. The monoisotopic (exact) mass is 194 g/mol. The molecule has 0 aromatic carbocycles. The molecule has 7 nitrogen and oxygen atoms in total. The first-order valence-electron chi connectivity index (χ1n) is 3.79. The highest BCUT2D eigenvalue weighted by Gasteiger charge is 2.16. The quantitative estimate of drug-likeness (QED) is 0.517. The first-order chi connectivity index (χ1) is 6.61. The summed E-state index contributed by atoms with van der Waals surface area (Å²) in [4.78, 5) is 27.0. The van der Waals surface area contributed by atoms with Gasteiger partial charge < -0.3 is 10.1 Å². The van der Waals surface area contributed by atoms with Crippen molar-refractivity contribution in [1.29, 1.82) is 0 Å². The van der Waals surface area contributed by atoms with E-state index in [4.69, 9.17) is 0 Å². The Balaban J connectivity index is 2.95. The number of hydrogen-bond acceptors (Lipinski definition) is 4. The van der Waals surface area contributed by atoms with Crippen LogP contribution >= 0.6 is 0 Å². The minimum absolute atomic E-state index is 0.157. The summed E-state index contributed by atoms with van der Waals surface area (Å²) in [5.41, 5.74) is 0.234. The van der Waals surface area contributed by atoms with E-state index in [9.17, 15) is 14.9 Å². The Morgan fingerprint density at radius 3 is 3.00 bits per heavy atom. The van der Waals surface area contributed by atoms with Crippen LogP contribution in [0.1, 0.15) is 0 Å². The molecule has 2 rings (SSSR count). The van der Waals surface area contributed by atoms with E-state index >= 15 is 0 Å². The van der Waals surface area contributed by atoms with Crippen LogP contribution in [0.2, 0.25) is 0 Å². The molecule has 2 heterocycles. The lowest BCUT2D eigenvalue weighted by molar-refractivity contribution is -0.387. The van der Waals surface area contributed by atoms with Crippen LogP contribution in [0.5, 0.6) is 0 Å². The molecule has 0 saturated heterocycles. The smallest absolute Gasteiger partial charge is 0.358 e. The van der Waals surface area contributed by atoms with E-state index in [1.165, 1.54) is 17.8 Å². The Morgan fingerprint density at radius 2 is 2.36 bits per heavy atom. The Labute approximate surface area is 77.2 Å². The third-order valence-corrected chi connectivity index (χ3v) is 1.98. The number of aromatic nitrogens is 3. The van der Waals surface area contributed by atoms with Crippen LogP contribution in [0.3, 0.4) is 0 Å². The average molecular weight is 194 g/mol. The molecule has 72 valence electrons. The molecule has 2 aromatic heterocycles. The van der Waals surface area contributed by atoms with Gasteiger partial charge in [0, 0.05) is 13.1 Å². The number of aryl methyl sites for hydroxylation is 1. The van der Waals surface area contributed by atoms with Crippen molar-refractivity contribution in [2.45, 2.75) is 0 Å². The van der Waals surface area contributed by atoms with Gasteiger partial charge in [-0.05, 0) is 9.91 Å². The molecule has 0 atom stereocenters. The van der Waals surface area contributed by atoms with E-state index in [0.29, 0.717) is 5.52 Å². The molecule has 0 aliphatic heterocycles. The predicted octanol–water partition coefficient (Wildman–Crippen LogP) is 0.170. The van der Waals surface area contributed by atoms with Crippen molar-refractivity contribution in [3.63, 3.8) is 0 Å². The van der Waals surface area contributed by atoms with Gasteiger partial charge in [0.2, 0.25) is 0 Å². The van der Waals surface area contributed by atoms with Crippen LogP contribution in [0.4, 0.5) is 5.82 Å². The number of nitrogens with one attached hydrogen (secondary N) is 1. The Hall–Kier alpha value is -2.18. The largest absolute Gasteiger partial charge is 0.389 e. The highest BCUT2D eigenvalue weighted by atomic mass is 16.6. The number of rotatable bonds is 1. The summed E-state index contributed by atoms with van der Waals surface area (Å²) >= 11 is 0. The zero-order chi connectivity index (χ0) is 10.3. The van der Waals surface area contributed by atoms with Crippen molar-refractivity contribution in [2.75, 3.05) is 0 Å². The van der Waals surface area contributed by atoms with Crippen LogP contribution in [0.15, 0.2) is 17.1 Å². The van der Waals surface area contributed by atoms with Crippen LogP contribution in [0.25, 0.3) is 11.0 Å². The van der Waals surface area contributed by atoms with Crippen molar-refractivity contribution in [3.8, 4) is 0 Å². The van der Waals surface area contributed by atoms with Gasteiger partial charge in [0.15, 0.2) is 5.52 Å². The molecule has 14 heavy (non-hydrogen) atoms. The summed E-state index contributed by atoms with van der Waals surface area (Å²) in [5.74, 6) is -0.333. The summed E-state index contributed by atoms with van der Waals surface area (Å²) in [6, 6.07) is 1.54. The van der Waals surface area contributed by atoms with Crippen LogP contribution in [-0.4, -0.2) is 19.5 Å². The lowest BCUT2D eigenvalue weighted by atomic mass is 10.4. The van der Waals surface area contributed by atoms with Crippen LogP contribution < -0.4 is 5.69 Å². The normalized spacial score (nSPS) is 10.6. The SMILES string of the molecule is Cn1c(=O)[nH]c2c([N+](=O)[O-])nccc21. The number of H-pyrrole nitrogens is 1. The molecule has 7 heteroatoms. The lowest BCUT2D eigenvalue weighted by Crippen LogP contribution is -2.11. The van der Waals surface area contributed by atoms with Crippen molar-refractivity contribution in [2.24, 2.45) is 7.05 Å². The molecule has 0 unspecified atom stereocenters. The van der Waals surface area contributed by atoms with Crippen LogP contribution in [-0.2, 0) is 7.05 Å². The lowest BCUT2D eigenvalue weighted by Gasteiger charge is -1.93. The second-order valence-corrected chi connectivity index (χ2v) is 2.77. The maximum Gasteiger partial charge on any atom is 0.389 e. The fraction of sp³-hybridized carbons (Fsp3) is 0.143. The predicted molar refractivity (Wildman–Crippen MR) is 48.0 cm³/mol. The summed E-state index contributed by atoms with van der Waals surface area (Å²) < 4.78 is 1.30. The van der Waals surface area contributed by atoms with Crippen LogP contribution in [0, 0.1) is 10.1 Å². The molecule has 0 spiro atoms. The zero-order valence-corrected chi connectivity index (χ0v) is 7.22. The van der Waals surface area contributed by atoms with Gasteiger partial charge in [-0.3, -0.25) is 9.55 Å². The molecule has 2 aromatic rings. The van der Waals surface area contributed by atoms with Gasteiger partial charge in [-0.25, -0.2) is 4.79 Å². The first kappa shape index (κ1) is 8.42. The fourth-order valence-electron chi connectivity index (χ4n) is 1.28. The van der Waals surface area contributed by atoms with Crippen molar-refractivity contribution >= 4 is 16.9 Å². The average Bonchev–Trinajstić information content (AvgIpc) is 2.43. The molecule has 0 fully saturated rings. The van der Waals surface area contributed by atoms with E-state index in [0.717, 1.165) is 0 Å². The number of fused-ring (bicyclic) bond motifs is 1. The standard InChI is InChI=1S/C7H6N4O3/c1-10-4-2-3-8-6(11(13)14)5(4)9-7(10)12/h2-3H,1H3,(H,9,12). The van der Waals surface area contributed by atoms with Gasteiger partial charge in [-0.15, -0.1) is 0 Å². The molecule has 0 amide bonds. The third-order valence-electron chi connectivity index (χ3n) is 1.98. The Bertz CT molecular complexity index is 568. The summed E-state index contributed by atoms with van der Waals surface area (Å²) in [5, 5.41) is 10.5. The van der Waals surface area contributed by atoms with E-state index in [1.807, 2.05) is 0 Å². The van der Waals surface area contributed by atoms with Gasteiger partial charge in [-0.2, -0.15) is 0 Å². The zero-order valence-electron chi connectivity index (χ0n) is 7.22. The highest BCUT2D eigenvalue weighted by molar-refractivity contribution is 5.82. The molecular weight excluding hydrogens is 188 g/mol. The molecule has 1 N–H and O–H groups in total. The fourth-order valence-corrected chi connectivity index (χ4v) is 1.28. The minimum atomic E-state index is -0.627. The second-order valence-electron chi connectivity index (χ2n) is 2.77. The Kier molecular flexibility index (Phi) is 1.60. The van der Waals surface area contributed by atoms with Crippen molar-refractivity contribution < 1.29 is 4.92 Å². The van der Waals surface area contributed by atoms with Crippen molar-refractivity contribution in [3.05, 3.63) is 32.9 Å². The van der Waals surface area contributed by atoms with E-state index < -0.39 is 10.6 Å². The van der Waals surface area contributed by atoms with Gasteiger partial charge >= 0.3 is 11.5 Å². The van der Waals surface area contributed by atoms with E-state index in [2.05, 4.69) is 9.97 Å². The number of nitro groups is 1. The van der Waals surface area contributed by atoms with E-state index in [1.54, 1.807) is 6.07 Å². The molecule has 0 aliphatic rings. The van der Waals surface area contributed by atoms with E-state index in [-0.39, 0.29) is 11.3 Å². The molecule has 0 bridgehead atoms. The Morgan fingerprint density at radius 1 is 1.64 bits per heavy atom.